The number of ether oxygens (including phenoxy) is 1. The maximum absolute atomic E-state index is 12.1. The molecular formula is C13H18N6O5. The van der Waals surface area contributed by atoms with Crippen LogP contribution in [0.4, 0.5) is 5.82 Å². The van der Waals surface area contributed by atoms with Crippen LogP contribution in [0.15, 0.2) is 17.2 Å². The van der Waals surface area contributed by atoms with Gasteiger partial charge in [0.2, 0.25) is 0 Å². The fraction of sp³-hybridized carbons (Fsp3) is 0.538. The molecule has 24 heavy (non-hydrogen) atoms. The van der Waals surface area contributed by atoms with Crippen molar-refractivity contribution in [1.29, 1.82) is 0 Å². The van der Waals surface area contributed by atoms with Crippen LogP contribution in [0.25, 0.3) is 5.69 Å². The number of rotatable bonds is 4. The highest BCUT2D eigenvalue weighted by Crippen LogP contribution is 2.28. The zero-order valence-corrected chi connectivity index (χ0v) is 12.8. The van der Waals surface area contributed by atoms with Gasteiger partial charge in [0.25, 0.3) is 0 Å². The molecule has 4 atom stereocenters. The average Bonchev–Trinajstić information content (AvgIpc) is 3.14. The smallest absolute Gasteiger partial charge is 0.351 e. The molecule has 1 aliphatic rings. The second kappa shape index (κ2) is 6.28. The van der Waals surface area contributed by atoms with Crippen molar-refractivity contribution in [2.45, 2.75) is 37.9 Å². The Bertz CT molecular complexity index is 789. The van der Waals surface area contributed by atoms with Crippen LogP contribution in [0.5, 0.6) is 0 Å². The van der Waals surface area contributed by atoms with Crippen LogP contribution in [0.2, 0.25) is 0 Å². The Morgan fingerprint density at radius 1 is 1.33 bits per heavy atom. The maximum atomic E-state index is 12.1. The molecule has 2 unspecified atom stereocenters. The molecule has 0 aliphatic carbocycles. The molecule has 2 aromatic heterocycles. The van der Waals surface area contributed by atoms with E-state index in [1.165, 1.54) is 10.9 Å². The third-order valence-electron chi connectivity index (χ3n) is 3.90. The van der Waals surface area contributed by atoms with E-state index in [9.17, 15) is 15.0 Å². The summed E-state index contributed by atoms with van der Waals surface area (Å²) in [7, 11) is 0. The lowest BCUT2D eigenvalue weighted by atomic mass is 10.1. The van der Waals surface area contributed by atoms with Crippen LogP contribution in [0.1, 0.15) is 18.8 Å². The normalized spacial score (nSPS) is 26.8. The molecule has 0 radical (unpaired) electrons. The van der Waals surface area contributed by atoms with Gasteiger partial charge in [-0.3, -0.25) is 4.57 Å². The lowest BCUT2D eigenvalue weighted by Crippen LogP contribution is -2.36. The van der Waals surface area contributed by atoms with E-state index in [2.05, 4.69) is 15.3 Å². The first-order chi connectivity index (χ1) is 11.5. The lowest BCUT2D eigenvalue weighted by molar-refractivity contribution is -0.0549. The number of aliphatic hydroxyl groups is 3. The molecule has 3 rings (SSSR count). The van der Waals surface area contributed by atoms with Gasteiger partial charge < -0.3 is 25.8 Å². The Morgan fingerprint density at radius 3 is 2.67 bits per heavy atom. The number of nitrogen functional groups attached to an aromatic ring is 1. The first-order valence-corrected chi connectivity index (χ1v) is 7.39. The van der Waals surface area contributed by atoms with Crippen LogP contribution in [-0.4, -0.2) is 64.8 Å². The largest absolute Gasteiger partial charge is 0.394 e. The molecule has 0 spiro atoms. The molecule has 3 heterocycles. The maximum Gasteiger partial charge on any atom is 0.351 e. The second-order valence-electron chi connectivity index (χ2n) is 5.44. The minimum absolute atomic E-state index is 0.0597. The number of aryl methyl sites for hydroxylation is 1. The topological polar surface area (TPSA) is 162 Å². The number of aliphatic hydroxyl groups excluding tert-OH is 3. The Balaban J connectivity index is 2.03. The highest BCUT2D eigenvalue weighted by molar-refractivity contribution is 5.49. The number of aromatic nitrogens is 5. The summed E-state index contributed by atoms with van der Waals surface area (Å²) in [6.45, 7) is 1.41. The summed E-state index contributed by atoms with van der Waals surface area (Å²) in [5.41, 5.74) is 6.02. The molecule has 0 saturated carbocycles. The number of anilines is 1. The second-order valence-corrected chi connectivity index (χ2v) is 5.44. The van der Waals surface area contributed by atoms with Crippen LogP contribution in [0.3, 0.4) is 0 Å². The average molecular weight is 338 g/mol. The van der Waals surface area contributed by atoms with Crippen molar-refractivity contribution in [3.63, 3.8) is 0 Å². The molecule has 0 amide bonds. The third kappa shape index (κ3) is 2.67. The first kappa shape index (κ1) is 16.5. The van der Waals surface area contributed by atoms with Gasteiger partial charge in [-0.25, -0.2) is 9.48 Å². The summed E-state index contributed by atoms with van der Waals surface area (Å²) in [6, 6.07) is 0. The van der Waals surface area contributed by atoms with Crippen molar-refractivity contribution in [2.24, 2.45) is 0 Å². The quantitative estimate of drug-likeness (QED) is 0.475. The fourth-order valence-corrected chi connectivity index (χ4v) is 2.52. The Hall–Kier alpha value is -2.34. The van der Waals surface area contributed by atoms with Gasteiger partial charge in [-0.15, -0.1) is 5.10 Å². The molecule has 11 nitrogen and oxygen atoms in total. The molecule has 11 heteroatoms. The monoisotopic (exact) mass is 338 g/mol. The van der Waals surface area contributed by atoms with Gasteiger partial charge in [0.15, 0.2) is 12.0 Å². The predicted molar refractivity (Wildman–Crippen MR) is 80.2 cm³/mol. The van der Waals surface area contributed by atoms with Crippen LogP contribution in [0, 0.1) is 0 Å². The highest BCUT2D eigenvalue weighted by Gasteiger charge is 2.44. The lowest BCUT2D eigenvalue weighted by Gasteiger charge is -2.18. The van der Waals surface area contributed by atoms with E-state index in [0.29, 0.717) is 6.42 Å². The molecule has 1 fully saturated rings. The van der Waals surface area contributed by atoms with E-state index in [1.54, 1.807) is 6.20 Å². The van der Waals surface area contributed by atoms with Gasteiger partial charge >= 0.3 is 5.69 Å². The zero-order chi connectivity index (χ0) is 17.4. The summed E-state index contributed by atoms with van der Waals surface area (Å²) in [4.78, 5) is 15.8. The van der Waals surface area contributed by atoms with Gasteiger partial charge in [0, 0.05) is 6.20 Å². The molecule has 2 aromatic rings. The van der Waals surface area contributed by atoms with E-state index < -0.39 is 36.8 Å². The van der Waals surface area contributed by atoms with Crippen LogP contribution >= 0.6 is 0 Å². The Morgan fingerprint density at radius 2 is 2.08 bits per heavy atom. The van der Waals surface area contributed by atoms with Gasteiger partial charge in [-0.2, -0.15) is 4.98 Å². The minimum Gasteiger partial charge on any atom is -0.394 e. The zero-order valence-electron chi connectivity index (χ0n) is 12.8. The van der Waals surface area contributed by atoms with Gasteiger partial charge in [-0.1, -0.05) is 12.1 Å². The van der Waals surface area contributed by atoms with E-state index in [4.69, 9.17) is 15.6 Å². The number of hydrogen-bond donors (Lipinski definition) is 4. The van der Waals surface area contributed by atoms with E-state index >= 15 is 0 Å². The molecule has 1 saturated heterocycles. The van der Waals surface area contributed by atoms with Gasteiger partial charge in [0.05, 0.1) is 18.5 Å². The van der Waals surface area contributed by atoms with E-state index in [1.807, 2.05) is 6.92 Å². The van der Waals surface area contributed by atoms with Crippen molar-refractivity contribution in [3.05, 3.63) is 28.6 Å². The standard InChI is InChI=1S/C13H18N6O5/c1-2-6-3-19(17-16-6)7-4-18(13(23)15-11(7)14)12-10(22)9(21)8(5-20)24-12/h3-4,8-10,12,20-22H,2,5H2,1H3,(H2,14,15,23)/t8-,9?,10?,12-/m1/s1. The Kier molecular flexibility index (Phi) is 4.32. The third-order valence-corrected chi connectivity index (χ3v) is 3.90. The van der Waals surface area contributed by atoms with Crippen LogP contribution in [-0.2, 0) is 11.2 Å². The summed E-state index contributed by atoms with van der Waals surface area (Å²) in [5, 5.41) is 36.9. The Labute approximate surface area is 135 Å². The summed E-state index contributed by atoms with van der Waals surface area (Å²) in [6.07, 6.45) is -1.31. The fourth-order valence-electron chi connectivity index (χ4n) is 2.52. The summed E-state index contributed by atoms with van der Waals surface area (Å²) < 4.78 is 7.71. The molecule has 0 aromatic carbocycles. The summed E-state index contributed by atoms with van der Waals surface area (Å²) >= 11 is 0. The summed E-state index contributed by atoms with van der Waals surface area (Å²) in [5.74, 6) is -0.0597. The van der Waals surface area contributed by atoms with Crippen LogP contribution < -0.4 is 11.4 Å². The van der Waals surface area contributed by atoms with Crippen molar-refractivity contribution >= 4 is 5.82 Å². The molecular weight excluding hydrogens is 320 g/mol. The predicted octanol–water partition coefficient (Wildman–Crippen LogP) is -2.42. The SMILES string of the molecule is CCc1cn(-c2cn([C@@H]3O[C@H](CO)C(O)C3O)c(=O)nc2N)nn1. The van der Waals surface area contributed by atoms with E-state index in [-0.39, 0.29) is 11.5 Å². The van der Waals surface area contributed by atoms with Gasteiger partial charge in [0.1, 0.15) is 24.0 Å². The van der Waals surface area contributed by atoms with Crippen molar-refractivity contribution in [2.75, 3.05) is 12.3 Å². The number of nitrogens with two attached hydrogens (primary N) is 1. The van der Waals surface area contributed by atoms with Gasteiger partial charge in [-0.05, 0) is 6.42 Å². The molecule has 1 aliphatic heterocycles. The molecule has 130 valence electrons. The van der Waals surface area contributed by atoms with Crippen molar-refractivity contribution in [1.82, 2.24) is 24.5 Å². The first-order valence-electron chi connectivity index (χ1n) is 7.39. The molecule has 0 bridgehead atoms. The van der Waals surface area contributed by atoms with Crippen molar-refractivity contribution in [3.8, 4) is 5.69 Å². The number of hydrogen-bond acceptors (Lipinski definition) is 9. The highest BCUT2D eigenvalue weighted by atomic mass is 16.6. The minimum atomic E-state index is -1.40. The number of nitrogens with zero attached hydrogens (tertiary/aromatic N) is 5. The molecule has 5 N–H and O–H groups in total. The van der Waals surface area contributed by atoms with E-state index in [0.717, 1.165) is 10.3 Å². The van der Waals surface area contributed by atoms with Crippen molar-refractivity contribution < 1.29 is 20.1 Å².